The predicted octanol–water partition coefficient (Wildman–Crippen LogP) is 3.22. The summed E-state index contributed by atoms with van der Waals surface area (Å²) in [6.45, 7) is 7.56. The second-order valence-corrected chi connectivity index (χ2v) is 8.64. The van der Waals surface area contributed by atoms with Crippen molar-refractivity contribution in [3.8, 4) is 0 Å². The Morgan fingerprint density at radius 3 is 2.48 bits per heavy atom. The zero-order valence-electron chi connectivity index (χ0n) is 12.9. The molecule has 0 N–H and O–H groups in total. The van der Waals surface area contributed by atoms with Crippen LogP contribution in [0.4, 0.5) is 0 Å². The first-order chi connectivity index (χ1) is 9.88. The number of nitrogens with zero attached hydrogens (tertiary/aromatic N) is 1. The summed E-state index contributed by atoms with van der Waals surface area (Å²) in [6.07, 6.45) is 3.44. The molecule has 1 aliphatic heterocycles. The molecule has 4 heteroatoms. The van der Waals surface area contributed by atoms with E-state index in [1.54, 1.807) is 16.4 Å². The standard InChI is InChI=1S/C17H23NO2S/c1-12(2)8-14-9-15-10-18(11-17(14)15)21(19,20)16-6-4-13(3)5-7-16/h4-8,14-15,17H,9-11H2,1-3H3/t14-,15+,17+/m0/s1. The number of hydrogen-bond donors (Lipinski definition) is 0. The van der Waals surface area contributed by atoms with Crippen LogP contribution in [-0.4, -0.2) is 25.8 Å². The van der Waals surface area contributed by atoms with Gasteiger partial charge < -0.3 is 0 Å². The zero-order chi connectivity index (χ0) is 15.2. The van der Waals surface area contributed by atoms with Gasteiger partial charge in [0.05, 0.1) is 4.90 Å². The molecule has 0 aromatic heterocycles. The van der Waals surface area contributed by atoms with E-state index >= 15 is 0 Å². The van der Waals surface area contributed by atoms with E-state index in [9.17, 15) is 8.42 Å². The van der Waals surface area contributed by atoms with Crippen LogP contribution in [0.25, 0.3) is 0 Å². The van der Waals surface area contributed by atoms with E-state index in [0.717, 1.165) is 12.0 Å². The SMILES string of the molecule is CC(C)=C[C@H]1C[C@@H]2CN(S(=O)(=O)c3ccc(C)cc3)C[C@@H]21. The molecule has 0 radical (unpaired) electrons. The maximum absolute atomic E-state index is 12.7. The van der Waals surface area contributed by atoms with Gasteiger partial charge in [0, 0.05) is 13.1 Å². The quantitative estimate of drug-likeness (QED) is 0.804. The Balaban J connectivity index is 1.77. The van der Waals surface area contributed by atoms with E-state index in [1.807, 2.05) is 19.1 Å². The summed E-state index contributed by atoms with van der Waals surface area (Å²) >= 11 is 0. The molecule has 3 nitrogen and oxygen atoms in total. The second kappa shape index (κ2) is 5.25. The largest absolute Gasteiger partial charge is 0.243 e. The lowest BCUT2D eigenvalue weighted by molar-refractivity contribution is 0.165. The summed E-state index contributed by atoms with van der Waals surface area (Å²) in [7, 11) is -3.32. The minimum absolute atomic E-state index is 0.424. The van der Waals surface area contributed by atoms with Crippen molar-refractivity contribution >= 4 is 10.0 Å². The Hall–Kier alpha value is -1.13. The lowest BCUT2D eigenvalue weighted by Gasteiger charge is -2.37. The molecule has 114 valence electrons. The number of fused-ring (bicyclic) bond motifs is 1. The molecule has 1 aliphatic carbocycles. The van der Waals surface area contributed by atoms with Crippen LogP contribution >= 0.6 is 0 Å². The van der Waals surface area contributed by atoms with E-state index in [0.29, 0.717) is 35.7 Å². The lowest BCUT2D eigenvalue weighted by atomic mass is 9.66. The number of allylic oxidation sites excluding steroid dienone is 2. The fourth-order valence-corrected chi connectivity index (χ4v) is 5.13. The summed E-state index contributed by atoms with van der Waals surface area (Å²) in [5.74, 6) is 1.63. The van der Waals surface area contributed by atoms with Gasteiger partial charge in [-0.3, -0.25) is 0 Å². The topological polar surface area (TPSA) is 37.4 Å². The Morgan fingerprint density at radius 2 is 1.86 bits per heavy atom. The average Bonchev–Trinajstić information content (AvgIpc) is 2.75. The first-order valence-electron chi connectivity index (χ1n) is 7.60. The highest BCUT2D eigenvalue weighted by atomic mass is 32.2. The van der Waals surface area contributed by atoms with Gasteiger partial charge >= 0.3 is 0 Å². The minimum Gasteiger partial charge on any atom is -0.207 e. The number of sulfonamides is 1. The smallest absolute Gasteiger partial charge is 0.207 e. The zero-order valence-corrected chi connectivity index (χ0v) is 13.7. The van der Waals surface area contributed by atoms with Gasteiger partial charge in [0.15, 0.2) is 0 Å². The molecule has 1 saturated carbocycles. The summed E-state index contributed by atoms with van der Waals surface area (Å²) in [6, 6.07) is 7.17. The molecule has 2 aliphatic rings. The highest BCUT2D eigenvalue weighted by molar-refractivity contribution is 7.89. The highest BCUT2D eigenvalue weighted by Gasteiger charge is 2.49. The molecule has 1 aromatic carbocycles. The molecule has 2 fully saturated rings. The van der Waals surface area contributed by atoms with Crippen LogP contribution in [0.15, 0.2) is 40.8 Å². The van der Waals surface area contributed by atoms with Crippen LogP contribution in [0.3, 0.4) is 0 Å². The summed E-state index contributed by atoms with van der Waals surface area (Å²) in [4.78, 5) is 0.424. The molecule has 0 bridgehead atoms. The van der Waals surface area contributed by atoms with Crippen LogP contribution in [-0.2, 0) is 10.0 Å². The number of aryl methyl sites for hydroxylation is 1. The van der Waals surface area contributed by atoms with Gasteiger partial charge in [-0.15, -0.1) is 0 Å². The van der Waals surface area contributed by atoms with Crippen molar-refractivity contribution in [1.82, 2.24) is 4.31 Å². The number of benzene rings is 1. The van der Waals surface area contributed by atoms with E-state index < -0.39 is 10.0 Å². The summed E-state index contributed by atoms with van der Waals surface area (Å²) in [5.41, 5.74) is 2.41. The Morgan fingerprint density at radius 1 is 1.19 bits per heavy atom. The van der Waals surface area contributed by atoms with Crippen molar-refractivity contribution in [2.45, 2.75) is 32.1 Å². The maximum atomic E-state index is 12.7. The molecular formula is C17H23NO2S. The van der Waals surface area contributed by atoms with E-state index in [2.05, 4.69) is 19.9 Å². The molecular weight excluding hydrogens is 282 g/mol. The Labute approximate surface area is 127 Å². The van der Waals surface area contributed by atoms with Gasteiger partial charge in [0.2, 0.25) is 10.0 Å². The highest BCUT2D eigenvalue weighted by Crippen LogP contribution is 2.47. The summed E-state index contributed by atoms with van der Waals surface area (Å²) in [5, 5.41) is 0. The Kier molecular flexibility index (Phi) is 3.70. The average molecular weight is 305 g/mol. The van der Waals surface area contributed by atoms with Crippen molar-refractivity contribution in [2.24, 2.45) is 17.8 Å². The molecule has 0 spiro atoms. The van der Waals surface area contributed by atoms with Crippen LogP contribution in [0.1, 0.15) is 25.8 Å². The molecule has 1 heterocycles. The van der Waals surface area contributed by atoms with Crippen LogP contribution in [0.2, 0.25) is 0 Å². The van der Waals surface area contributed by atoms with E-state index in [-0.39, 0.29) is 0 Å². The van der Waals surface area contributed by atoms with Crippen LogP contribution < -0.4 is 0 Å². The number of hydrogen-bond acceptors (Lipinski definition) is 2. The van der Waals surface area contributed by atoms with Crippen molar-refractivity contribution in [3.05, 3.63) is 41.5 Å². The first-order valence-corrected chi connectivity index (χ1v) is 9.04. The van der Waals surface area contributed by atoms with Gasteiger partial charge in [-0.05, 0) is 57.1 Å². The number of rotatable bonds is 3. The third kappa shape index (κ3) is 2.67. The fraction of sp³-hybridized carbons (Fsp3) is 0.529. The van der Waals surface area contributed by atoms with Crippen molar-refractivity contribution < 1.29 is 8.42 Å². The fourth-order valence-electron chi connectivity index (χ4n) is 3.59. The van der Waals surface area contributed by atoms with Crippen LogP contribution in [0, 0.1) is 24.7 Å². The normalized spacial score (nSPS) is 28.8. The van der Waals surface area contributed by atoms with E-state index in [1.165, 1.54) is 5.57 Å². The van der Waals surface area contributed by atoms with Crippen molar-refractivity contribution in [3.63, 3.8) is 0 Å². The molecule has 3 rings (SSSR count). The van der Waals surface area contributed by atoms with Crippen molar-refractivity contribution in [2.75, 3.05) is 13.1 Å². The summed E-state index contributed by atoms with van der Waals surface area (Å²) < 4.78 is 27.1. The van der Waals surface area contributed by atoms with Gasteiger partial charge in [-0.1, -0.05) is 29.3 Å². The lowest BCUT2D eigenvalue weighted by Crippen LogP contribution is -2.34. The van der Waals surface area contributed by atoms with Gasteiger partial charge in [-0.2, -0.15) is 4.31 Å². The second-order valence-electron chi connectivity index (χ2n) is 6.70. The monoisotopic (exact) mass is 305 g/mol. The van der Waals surface area contributed by atoms with Crippen molar-refractivity contribution in [1.29, 1.82) is 0 Å². The first kappa shape index (κ1) is 14.8. The van der Waals surface area contributed by atoms with E-state index in [4.69, 9.17) is 0 Å². The molecule has 21 heavy (non-hydrogen) atoms. The molecule has 0 amide bonds. The maximum Gasteiger partial charge on any atom is 0.243 e. The molecule has 1 aromatic rings. The molecule has 3 atom stereocenters. The third-order valence-electron chi connectivity index (χ3n) is 4.79. The molecule has 1 saturated heterocycles. The Bertz CT molecular complexity index is 657. The predicted molar refractivity (Wildman–Crippen MR) is 84.5 cm³/mol. The van der Waals surface area contributed by atoms with Gasteiger partial charge in [-0.25, -0.2) is 8.42 Å². The third-order valence-corrected chi connectivity index (χ3v) is 6.63. The van der Waals surface area contributed by atoms with Gasteiger partial charge in [0.25, 0.3) is 0 Å². The minimum atomic E-state index is -3.32. The van der Waals surface area contributed by atoms with Gasteiger partial charge in [0.1, 0.15) is 0 Å². The van der Waals surface area contributed by atoms with Crippen LogP contribution in [0.5, 0.6) is 0 Å². The molecule has 0 unspecified atom stereocenters.